The molecule has 6 rings (SSSR count). The van der Waals surface area contributed by atoms with E-state index < -0.39 is 6.10 Å². The molecule has 5 aliphatic rings. The number of aliphatic hydroxyl groups is 1. The Morgan fingerprint density at radius 3 is 2.56 bits per heavy atom. The van der Waals surface area contributed by atoms with Gasteiger partial charge >= 0.3 is 0 Å². The summed E-state index contributed by atoms with van der Waals surface area (Å²) in [6.45, 7) is 10.8. The highest BCUT2D eigenvalue weighted by molar-refractivity contribution is 5.33. The Labute approximate surface area is 216 Å². The quantitative estimate of drug-likeness (QED) is 0.658. The molecule has 36 heavy (non-hydrogen) atoms. The SMILES string of the molecule is C[C@H](c1ccc(C2C[C@@](C)(N3C=C(C4CCCN4C)C=CC3)C(N)C[C@H]2O)cc1)N1CC2(COC2)C1. The number of likely N-dealkylation sites (N-methyl/N-ethyl adjacent to an activating group) is 1. The number of hydrogen-bond acceptors (Lipinski definition) is 6. The lowest BCUT2D eigenvalue weighted by molar-refractivity contribution is -0.197. The van der Waals surface area contributed by atoms with E-state index in [2.05, 4.69) is 78.2 Å². The van der Waals surface area contributed by atoms with Crippen molar-refractivity contribution in [3.8, 4) is 0 Å². The second-order valence-corrected chi connectivity index (χ2v) is 12.6. The number of likely N-dealkylation sites (tertiary alicyclic amines) is 2. The van der Waals surface area contributed by atoms with Crippen LogP contribution in [-0.4, -0.2) is 90.0 Å². The maximum absolute atomic E-state index is 11.1. The molecular formula is C30H44N4O2. The molecule has 1 saturated carbocycles. The van der Waals surface area contributed by atoms with Gasteiger partial charge in [0, 0.05) is 55.3 Å². The third-order valence-corrected chi connectivity index (χ3v) is 10.2. The lowest BCUT2D eigenvalue weighted by Gasteiger charge is -2.57. The second kappa shape index (κ2) is 9.25. The lowest BCUT2D eigenvalue weighted by atomic mass is 9.68. The summed E-state index contributed by atoms with van der Waals surface area (Å²) in [7, 11) is 2.23. The van der Waals surface area contributed by atoms with Crippen LogP contribution in [0.3, 0.4) is 0 Å². The Morgan fingerprint density at radius 2 is 1.92 bits per heavy atom. The Kier molecular flexibility index (Phi) is 6.32. The molecule has 4 aliphatic heterocycles. The summed E-state index contributed by atoms with van der Waals surface area (Å²) in [5, 5.41) is 11.1. The number of benzene rings is 1. The van der Waals surface area contributed by atoms with Gasteiger partial charge in [0.25, 0.3) is 0 Å². The van der Waals surface area contributed by atoms with E-state index in [-0.39, 0.29) is 17.5 Å². The van der Waals surface area contributed by atoms with Crippen LogP contribution in [-0.2, 0) is 4.74 Å². The molecule has 0 radical (unpaired) electrons. The minimum absolute atomic E-state index is 0.0671. The van der Waals surface area contributed by atoms with Gasteiger partial charge < -0.3 is 20.5 Å². The average molecular weight is 493 g/mol. The van der Waals surface area contributed by atoms with E-state index in [1.807, 2.05) is 0 Å². The Balaban J connectivity index is 1.17. The van der Waals surface area contributed by atoms with Gasteiger partial charge in [-0.3, -0.25) is 9.80 Å². The van der Waals surface area contributed by atoms with Crippen LogP contribution in [0.1, 0.15) is 62.6 Å². The fraction of sp³-hybridized carbons (Fsp3) is 0.667. The number of rotatable bonds is 5. The molecule has 1 aromatic carbocycles. The van der Waals surface area contributed by atoms with Crippen molar-refractivity contribution in [3.05, 3.63) is 59.3 Å². The Hall–Kier alpha value is -1.70. The van der Waals surface area contributed by atoms with Gasteiger partial charge in [-0.25, -0.2) is 0 Å². The second-order valence-electron chi connectivity index (χ2n) is 12.6. The smallest absolute Gasteiger partial charge is 0.0625 e. The maximum atomic E-state index is 11.1. The normalized spacial score (nSPS) is 37.5. The first-order valence-corrected chi connectivity index (χ1v) is 14.0. The summed E-state index contributed by atoms with van der Waals surface area (Å²) in [5.74, 6) is 0.0930. The van der Waals surface area contributed by atoms with Crippen molar-refractivity contribution in [1.29, 1.82) is 0 Å². The predicted molar refractivity (Wildman–Crippen MR) is 144 cm³/mol. The van der Waals surface area contributed by atoms with Crippen LogP contribution in [0.15, 0.2) is 48.2 Å². The highest BCUT2D eigenvalue weighted by atomic mass is 16.5. The van der Waals surface area contributed by atoms with Gasteiger partial charge in [0.15, 0.2) is 0 Å². The van der Waals surface area contributed by atoms with Crippen LogP contribution in [0.4, 0.5) is 0 Å². The molecule has 4 heterocycles. The number of aliphatic hydroxyl groups excluding tert-OH is 1. The largest absolute Gasteiger partial charge is 0.392 e. The van der Waals surface area contributed by atoms with Crippen LogP contribution >= 0.6 is 0 Å². The maximum Gasteiger partial charge on any atom is 0.0625 e. The fourth-order valence-electron chi connectivity index (χ4n) is 7.44. The minimum atomic E-state index is -0.407. The molecule has 6 heteroatoms. The standard InChI is InChI=1S/C30H44N4O2/c1-21(33-17-30(18-33)19-36-20-30)22-8-10-23(11-9-22)25-15-29(2,28(31)14-27(25)35)34-13-4-6-24(16-34)26-7-5-12-32(26)3/h4,6,8-11,16,21,25-28,35H,5,7,12-15,17-20,31H2,1-3H3/t21-,25?,26?,27-,28?,29-/m1/s1. The van der Waals surface area contributed by atoms with E-state index in [1.54, 1.807) is 0 Å². The zero-order valence-electron chi connectivity index (χ0n) is 22.3. The van der Waals surface area contributed by atoms with Gasteiger partial charge in [-0.05, 0) is 69.8 Å². The molecule has 0 bridgehead atoms. The summed E-state index contributed by atoms with van der Waals surface area (Å²) in [6, 6.07) is 9.91. The van der Waals surface area contributed by atoms with Crippen molar-refractivity contribution in [1.82, 2.24) is 14.7 Å². The first kappa shape index (κ1) is 24.6. The molecule has 6 nitrogen and oxygen atoms in total. The summed E-state index contributed by atoms with van der Waals surface area (Å²) in [6.07, 6.45) is 10.5. The zero-order chi connectivity index (χ0) is 25.1. The molecule has 1 aliphatic carbocycles. The summed E-state index contributed by atoms with van der Waals surface area (Å²) in [4.78, 5) is 7.49. The van der Waals surface area contributed by atoms with Gasteiger partial charge in [0.1, 0.15) is 0 Å². The van der Waals surface area contributed by atoms with Crippen LogP contribution in [0.25, 0.3) is 0 Å². The van der Waals surface area contributed by atoms with Crippen molar-refractivity contribution in [3.63, 3.8) is 0 Å². The van der Waals surface area contributed by atoms with Gasteiger partial charge in [-0.1, -0.05) is 36.4 Å². The molecule has 196 valence electrons. The Bertz CT molecular complexity index is 1010. The number of ether oxygens (including phenoxy) is 1. The van der Waals surface area contributed by atoms with Crippen molar-refractivity contribution in [2.24, 2.45) is 11.1 Å². The van der Waals surface area contributed by atoms with Crippen LogP contribution in [0.2, 0.25) is 0 Å². The first-order valence-electron chi connectivity index (χ1n) is 14.0. The molecule has 6 atom stereocenters. The third-order valence-electron chi connectivity index (χ3n) is 10.2. The summed E-state index contributed by atoms with van der Waals surface area (Å²) >= 11 is 0. The molecule has 3 N–H and O–H groups in total. The topological polar surface area (TPSA) is 65.2 Å². The molecule has 3 saturated heterocycles. The highest BCUT2D eigenvalue weighted by Crippen LogP contribution is 2.44. The van der Waals surface area contributed by atoms with Gasteiger partial charge in [-0.15, -0.1) is 0 Å². The first-order chi connectivity index (χ1) is 17.3. The van der Waals surface area contributed by atoms with Crippen molar-refractivity contribution in [2.45, 2.75) is 75.2 Å². The Morgan fingerprint density at radius 1 is 1.17 bits per heavy atom. The number of hydrogen-bond donors (Lipinski definition) is 2. The van der Waals surface area contributed by atoms with Crippen LogP contribution in [0.5, 0.6) is 0 Å². The van der Waals surface area contributed by atoms with Gasteiger partial charge in [-0.2, -0.15) is 0 Å². The van der Waals surface area contributed by atoms with E-state index >= 15 is 0 Å². The average Bonchev–Trinajstić information content (AvgIpc) is 3.26. The summed E-state index contributed by atoms with van der Waals surface area (Å²) in [5.41, 5.74) is 11.0. The van der Waals surface area contributed by atoms with Crippen LogP contribution in [0, 0.1) is 5.41 Å². The molecule has 0 aromatic heterocycles. The minimum Gasteiger partial charge on any atom is -0.392 e. The van der Waals surface area contributed by atoms with E-state index in [1.165, 1.54) is 36.1 Å². The molecule has 3 unspecified atom stereocenters. The van der Waals surface area contributed by atoms with Crippen molar-refractivity contribution < 1.29 is 9.84 Å². The van der Waals surface area contributed by atoms with Crippen LogP contribution < -0.4 is 5.73 Å². The highest BCUT2D eigenvalue weighted by Gasteiger charge is 2.50. The molecule has 1 spiro atoms. The van der Waals surface area contributed by atoms with Crippen molar-refractivity contribution in [2.75, 3.05) is 46.4 Å². The molecule has 4 fully saturated rings. The molecular weight excluding hydrogens is 448 g/mol. The monoisotopic (exact) mass is 492 g/mol. The van der Waals surface area contributed by atoms with Gasteiger partial charge in [0.05, 0.1) is 24.9 Å². The van der Waals surface area contributed by atoms with E-state index in [0.29, 0.717) is 23.9 Å². The molecule has 1 aromatic rings. The van der Waals surface area contributed by atoms with Gasteiger partial charge in [0.2, 0.25) is 0 Å². The third kappa shape index (κ3) is 4.15. The number of nitrogens with zero attached hydrogens (tertiary/aromatic N) is 3. The zero-order valence-corrected chi connectivity index (χ0v) is 22.3. The molecule has 0 amide bonds. The van der Waals surface area contributed by atoms with E-state index in [4.69, 9.17) is 10.5 Å². The summed E-state index contributed by atoms with van der Waals surface area (Å²) < 4.78 is 5.44. The van der Waals surface area contributed by atoms with Crippen molar-refractivity contribution >= 4 is 0 Å². The number of nitrogens with two attached hydrogens (primary N) is 1. The predicted octanol–water partition coefficient (Wildman–Crippen LogP) is 3.25. The fourth-order valence-corrected chi connectivity index (χ4v) is 7.44. The van der Waals surface area contributed by atoms with E-state index in [9.17, 15) is 5.11 Å². The lowest BCUT2D eigenvalue weighted by Crippen LogP contribution is -2.66. The van der Waals surface area contributed by atoms with E-state index in [0.717, 1.165) is 39.3 Å².